The summed E-state index contributed by atoms with van der Waals surface area (Å²) in [7, 11) is 0. The Morgan fingerprint density at radius 3 is 2.75 bits per heavy atom. The zero-order chi connectivity index (χ0) is 13.9. The molecule has 2 N–H and O–H groups in total. The van der Waals surface area contributed by atoms with Crippen molar-refractivity contribution in [3.05, 3.63) is 52.7 Å². The Kier molecular flexibility index (Phi) is 3.36. The van der Waals surface area contributed by atoms with Crippen LogP contribution in [0.15, 0.2) is 30.3 Å². The van der Waals surface area contributed by atoms with Gasteiger partial charge in [-0.15, -0.1) is 0 Å². The van der Waals surface area contributed by atoms with Gasteiger partial charge < -0.3 is 10.5 Å². The molecule has 1 aromatic carbocycles. The summed E-state index contributed by atoms with van der Waals surface area (Å²) in [4.78, 5) is 4.49. The molecule has 4 heteroatoms. The van der Waals surface area contributed by atoms with Crippen LogP contribution >= 0.6 is 0 Å². The first kappa shape index (κ1) is 12.6. The van der Waals surface area contributed by atoms with Gasteiger partial charge in [0.15, 0.2) is 0 Å². The number of hydrogen-bond acceptors (Lipinski definition) is 4. The molecule has 0 saturated heterocycles. The molecule has 0 radical (unpaired) electrons. The molecule has 0 spiro atoms. The maximum atomic E-state index is 9.22. The normalized spacial score (nSPS) is 12.8. The monoisotopic (exact) mass is 265 g/mol. The van der Waals surface area contributed by atoms with Gasteiger partial charge in [-0.3, -0.25) is 0 Å². The van der Waals surface area contributed by atoms with Crippen LogP contribution in [0.1, 0.15) is 28.8 Å². The number of nitrogens with zero attached hydrogens (tertiary/aromatic N) is 2. The molecule has 0 bridgehead atoms. The SMILES string of the molecule is N#Cc1cc2c(nc1Oc1ccc(CN)cc1)CCC2. The average Bonchev–Trinajstić information content (AvgIpc) is 2.94. The largest absolute Gasteiger partial charge is 0.438 e. The summed E-state index contributed by atoms with van der Waals surface area (Å²) in [6.45, 7) is 0.501. The van der Waals surface area contributed by atoms with E-state index in [0.29, 0.717) is 23.7 Å². The molecule has 2 aromatic rings. The second-order valence-electron chi connectivity index (χ2n) is 4.86. The van der Waals surface area contributed by atoms with Crippen molar-refractivity contribution in [1.82, 2.24) is 4.98 Å². The molecule has 1 aliphatic rings. The van der Waals surface area contributed by atoms with E-state index in [1.807, 2.05) is 30.3 Å². The summed E-state index contributed by atoms with van der Waals surface area (Å²) in [5.74, 6) is 1.07. The fraction of sp³-hybridized carbons (Fsp3) is 0.250. The van der Waals surface area contributed by atoms with Gasteiger partial charge in [0.25, 0.3) is 0 Å². The highest BCUT2D eigenvalue weighted by molar-refractivity contribution is 5.46. The van der Waals surface area contributed by atoms with Crippen LogP contribution in [0.2, 0.25) is 0 Å². The Balaban J connectivity index is 1.91. The first-order valence-electron chi connectivity index (χ1n) is 6.70. The molecular weight excluding hydrogens is 250 g/mol. The van der Waals surface area contributed by atoms with Gasteiger partial charge in [0.2, 0.25) is 5.88 Å². The van der Waals surface area contributed by atoms with E-state index in [0.717, 1.165) is 30.5 Å². The number of benzene rings is 1. The molecular formula is C16H15N3O. The number of rotatable bonds is 3. The predicted octanol–water partition coefficient (Wildman–Crippen LogP) is 2.69. The number of aryl methyl sites for hydroxylation is 2. The van der Waals surface area contributed by atoms with Gasteiger partial charge in [-0.25, -0.2) is 4.98 Å². The van der Waals surface area contributed by atoms with Gasteiger partial charge in [-0.2, -0.15) is 5.26 Å². The molecule has 0 fully saturated rings. The van der Waals surface area contributed by atoms with Crippen LogP contribution in [0.3, 0.4) is 0 Å². The van der Waals surface area contributed by atoms with Crippen LogP contribution in [-0.2, 0) is 19.4 Å². The second-order valence-corrected chi connectivity index (χ2v) is 4.86. The summed E-state index contributed by atoms with van der Waals surface area (Å²) in [6.07, 6.45) is 3.06. The minimum absolute atomic E-state index is 0.397. The standard InChI is InChI=1S/C16H15N3O/c17-9-11-4-6-14(7-5-11)20-16-13(10-18)8-12-2-1-3-15(12)19-16/h4-8H,1-3,9,17H2. The molecule has 0 amide bonds. The van der Waals surface area contributed by atoms with Gasteiger partial charge in [-0.05, 0) is 48.6 Å². The molecule has 0 atom stereocenters. The molecule has 1 heterocycles. The molecule has 4 nitrogen and oxygen atoms in total. The fourth-order valence-corrected chi connectivity index (χ4v) is 2.42. The third kappa shape index (κ3) is 2.36. The first-order chi connectivity index (χ1) is 9.80. The molecule has 1 aliphatic carbocycles. The quantitative estimate of drug-likeness (QED) is 0.926. The summed E-state index contributed by atoms with van der Waals surface area (Å²) in [6, 6.07) is 11.6. The van der Waals surface area contributed by atoms with Gasteiger partial charge in [-0.1, -0.05) is 12.1 Å². The minimum atomic E-state index is 0.397. The van der Waals surface area contributed by atoms with Gasteiger partial charge >= 0.3 is 0 Å². The Bertz CT molecular complexity index is 671. The second kappa shape index (κ2) is 5.32. The molecule has 0 aliphatic heterocycles. The lowest BCUT2D eigenvalue weighted by atomic mass is 10.1. The van der Waals surface area contributed by atoms with E-state index in [1.165, 1.54) is 5.56 Å². The number of nitriles is 1. The highest BCUT2D eigenvalue weighted by atomic mass is 16.5. The Labute approximate surface area is 117 Å². The summed E-state index contributed by atoms with van der Waals surface area (Å²) < 4.78 is 5.75. The van der Waals surface area contributed by atoms with Crippen molar-refractivity contribution in [2.75, 3.05) is 0 Å². The number of hydrogen-bond donors (Lipinski definition) is 1. The third-order valence-electron chi connectivity index (χ3n) is 3.51. The van der Waals surface area contributed by atoms with Crippen LogP contribution in [-0.4, -0.2) is 4.98 Å². The lowest BCUT2D eigenvalue weighted by Gasteiger charge is -2.09. The fourth-order valence-electron chi connectivity index (χ4n) is 2.42. The predicted molar refractivity (Wildman–Crippen MR) is 75.4 cm³/mol. The van der Waals surface area contributed by atoms with E-state index < -0.39 is 0 Å². The van der Waals surface area contributed by atoms with Gasteiger partial charge in [0.1, 0.15) is 17.4 Å². The Morgan fingerprint density at radius 2 is 2.05 bits per heavy atom. The van der Waals surface area contributed by atoms with Crippen molar-refractivity contribution < 1.29 is 4.74 Å². The van der Waals surface area contributed by atoms with Crippen LogP contribution in [0.25, 0.3) is 0 Å². The van der Waals surface area contributed by atoms with E-state index >= 15 is 0 Å². The van der Waals surface area contributed by atoms with Crippen molar-refractivity contribution in [3.8, 4) is 17.7 Å². The summed E-state index contributed by atoms with van der Waals surface area (Å²) in [5, 5.41) is 9.22. The average molecular weight is 265 g/mol. The molecule has 0 unspecified atom stereocenters. The van der Waals surface area contributed by atoms with Crippen LogP contribution < -0.4 is 10.5 Å². The van der Waals surface area contributed by atoms with Crippen LogP contribution in [0.5, 0.6) is 11.6 Å². The van der Waals surface area contributed by atoms with E-state index in [-0.39, 0.29) is 0 Å². The zero-order valence-electron chi connectivity index (χ0n) is 11.1. The van der Waals surface area contributed by atoms with Crippen molar-refractivity contribution in [2.45, 2.75) is 25.8 Å². The lowest BCUT2D eigenvalue weighted by Crippen LogP contribution is -1.98. The van der Waals surface area contributed by atoms with E-state index in [2.05, 4.69) is 11.1 Å². The molecule has 3 rings (SSSR count). The maximum absolute atomic E-state index is 9.22. The number of fused-ring (bicyclic) bond motifs is 1. The van der Waals surface area contributed by atoms with E-state index in [4.69, 9.17) is 10.5 Å². The van der Waals surface area contributed by atoms with Gasteiger partial charge in [0, 0.05) is 12.2 Å². The van der Waals surface area contributed by atoms with Gasteiger partial charge in [0.05, 0.1) is 0 Å². The smallest absolute Gasteiger partial charge is 0.237 e. The maximum Gasteiger partial charge on any atom is 0.237 e. The Hall–Kier alpha value is -2.38. The van der Waals surface area contributed by atoms with Crippen LogP contribution in [0, 0.1) is 11.3 Å². The molecule has 20 heavy (non-hydrogen) atoms. The highest BCUT2D eigenvalue weighted by Gasteiger charge is 2.17. The third-order valence-corrected chi connectivity index (χ3v) is 3.51. The molecule has 100 valence electrons. The van der Waals surface area contributed by atoms with Crippen molar-refractivity contribution >= 4 is 0 Å². The zero-order valence-corrected chi connectivity index (χ0v) is 11.1. The number of nitrogens with two attached hydrogens (primary N) is 1. The van der Waals surface area contributed by atoms with Crippen molar-refractivity contribution in [1.29, 1.82) is 5.26 Å². The summed E-state index contributed by atoms with van der Waals surface area (Å²) in [5.41, 5.74) is 9.33. The topological polar surface area (TPSA) is 71.9 Å². The molecule has 1 aromatic heterocycles. The number of pyridine rings is 1. The molecule has 0 saturated carbocycles. The number of ether oxygens (including phenoxy) is 1. The van der Waals surface area contributed by atoms with E-state index in [1.54, 1.807) is 0 Å². The van der Waals surface area contributed by atoms with Crippen molar-refractivity contribution in [2.24, 2.45) is 5.73 Å². The summed E-state index contributed by atoms with van der Waals surface area (Å²) >= 11 is 0. The highest BCUT2D eigenvalue weighted by Crippen LogP contribution is 2.29. The van der Waals surface area contributed by atoms with E-state index in [9.17, 15) is 5.26 Å². The minimum Gasteiger partial charge on any atom is -0.438 e. The van der Waals surface area contributed by atoms with Crippen molar-refractivity contribution in [3.63, 3.8) is 0 Å². The Morgan fingerprint density at radius 1 is 1.25 bits per heavy atom. The lowest BCUT2D eigenvalue weighted by molar-refractivity contribution is 0.459. The number of aromatic nitrogens is 1. The first-order valence-corrected chi connectivity index (χ1v) is 6.70. The van der Waals surface area contributed by atoms with Crippen LogP contribution in [0.4, 0.5) is 0 Å².